The van der Waals surface area contributed by atoms with Crippen molar-refractivity contribution in [2.45, 2.75) is 90.5 Å². The van der Waals surface area contributed by atoms with Gasteiger partial charge in [-0.25, -0.2) is 19.2 Å². The molecule has 2 aliphatic rings. The van der Waals surface area contributed by atoms with Crippen LogP contribution in [0, 0.1) is 0 Å². The van der Waals surface area contributed by atoms with E-state index < -0.39 is 11.2 Å². The number of ether oxygens (including phenoxy) is 2. The second kappa shape index (κ2) is 18.1. The Morgan fingerprint density at radius 1 is 0.746 bits per heavy atom. The first kappa shape index (κ1) is 46.3. The van der Waals surface area contributed by atoms with Crippen LogP contribution in [0.3, 0.4) is 0 Å². The molecule has 2 unspecified atom stereocenters. The zero-order valence-electron chi connectivity index (χ0n) is 34.7. The summed E-state index contributed by atoms with van der Waals surface area (Å²) in [5.41, 5.74) is 3.46. The predicted molar refractivity (Wildman–Crippen MR) is 230 cm³/mol. The number of halogens is 2. The summed E-state index contributed by atoms with van der Waals surface area (Å²) in [7, 11) is 1.77. The maximum atomic E-state index is 13.2. The number of amides is 2. The molecule has 0 radical (unpaired) electrons. The van der Waals surface area contributed by atoms with Crippen LogP contribution in [0.4, 0.5) is 9.59 Å². The summed E-state index contributed by atoms with van der Waals surface area (Å²) in [4.78, 5) is 66.4. The molecule has 6 aromatic rings. The number of carbonyl (C=O) groups is 2. The summed E-state index contributed by atoms with van der Waals surface area (Å²) < 4.78 is 18.2. The first-order valence-electron chi connectivity index (χ1n) is 19.2. The van der Waals surface area contributed by atoms with Gasteiger partial charge in [0.1, 0.15) is 11.2 Å². The van der Waals surface area contributed by atoms with E-state index in [1.807, 2.05) is 82.5 Å². The maximum absolute atomic E-state index is 13.2. The van der Waals surface area contributed by atoms with Crippen LogP contribution in [-0.4, -0.2) is 93.5 Å². The number of benzene rings is 2. The van der Waals surface area contributed by atoms with E-state index in [1.54, 1.807) is 38.4 Å². The summed E-state index contributed by atoms with van der Waals surface area (Å²) in [6, 6.07) is 11.5. The second-order valence-corrected chi connectivity index (χ2v) is 18.6. The van der Waals surface area contributed by atoms with Crippen molar-refractivity contribution in [1.82, 2.24) is 38.5 Å². The van der Waals surface area contributed by atoms with Crippen molar-refractivity contribution in [3.8, 4) is 0 Å². The molecule has 0 bridgehead atoms. The second-order valence-electron chi connectivity index (χ2n) is 16.8. The van der Waals surface area contributed by atoms with Gasteiger partial charge < -0.3 is 29.7 Å². The van der Waals surface area contributed by atoms with Crippen molar-refractivity contribution in [3.05, 3.63) is 78.7 Å². The summed E-state index contributed by atoms with van der Waals surface area (Å²) in [5, 5.41) is 1.82. The normalized spacial score (nSPS) is 17.3. The number of hydrogen-bond donors (Lipinski definition) is 1. The molecule has 2 aliphatic heterocycles. The fourth-order valence-corrected chi connectivity index (χ4v) is 8.50. The minimum absolute atomic E-state index is 0. The zero-order valence-corrected chi connectivity index (χ0v) is 39.9. The zero-order chi connectivity index (χ0) is 41.0. The number of imidazole rings is 2. The molecular formula is C41H49Br2N8NaO7. The van der Waals surface area contributed by atoms with Crippen LogP contribution in [-0.2, 0) is 16.5 Å². The third-order valence-corrected chi connectivity index (χ3v) is 11.2. The molecule has 310 valence electrons. The number of nitrogens with zero attached hydrogens (tertiary/aromatic N) is 7. The van der Waals surface area contributed by atoms with E-state index in [-0.39, 0.29) is 70.7 Å². The molecule has 2 N–H and O–H groups in total. The summed E-state index contributed by atoms with van der Waals surface area (Å²) in [6.07, 6.45) is 6.06. The predicted octanol–water partition coefficient (Wildman–Crippen LogP) is 5.26. The molecule has 15 nitrogen and oxygen atoms in total. The van der Waals surface area contributed by atoms with E-state index in [2.05, 4.69) is 46.8 Å². The molecule has 2 fully saturated rings. The van der Waals surface area contributed by atoms with Gasteiger partial charge in [-0.15, -0.1) is 0 Å². The number of nitrogens with one attached hydrogen (secondary N) is 1. The third-order valence-electron chi connectivity index (χ3n) is 10.2. The number of carbonyl (C=O) groups excluding carboxylic acids is 2. The first-order chi connectivity index (χ1) is 26.9. The van der Waals surface area contributed by atoms with E-state index in [1.165, 1.54) is 0 Å². The molecule has 4 aromatic heterocycles. The number of aromatic amines is 1. The Balaban J connectivity index is 0.000000217. The van der Waals surface area contributed by atoms with Gasteiger partial charge in [-0.2, -0.15) is 0 Å². The average molecular weight is 949 g/mol. The number of hydrogen-bond acceptors (Lipinski definition) is 9. The molecule has 2 atom stereocenters. The molecular weight excluding hydrogens is 899 g/mol. The largest absolute Gasteiger partial charge is 1.00 e. The molecule has 6 heterocycles. The minimum Gasteiger partial charge on any atom is -0.870 e. The van der Waals surface area contributed by atoms with Crippen LogP contribution in [0.1, 0.15) is 79.3 Å². The number of pyridine rings is 2. The molecule has 2 aromatic carbocycles. The van der Waals surface area contributed by atoms with Gasteiger partial charge in [0.05, 0.1) is 57.6 Å². The van der Waals surface area contributed by atoms with Crippen molar-refractivity contribution in [2.75, 3.05) is 26.2 Å². The van der Waals surface area contributed by atoms with E-state index in [0.29, 0.717) is 31.7 Å². The number of piperidine rings is 2. The Morgan fingerprint density at radius 2 is 1.22 bits per heavy atom. The number of likely N-dealkylation sites (tertiary alicyclic amines) is 2. The Kier molecular flexibility index (Phi) is 14.2. The van der Waals surface area contributed by atoms with Gasteiger partial charge in [0.25, 0.3) is 0 Å². The fraction of sp³-hybridized carbons (Fsp3) is 0.463. The number of aryl methyl sites for hydroxylation is 1. The first-order valence-corrected chi connectivity index (χ1v) is 20.8. The van der Waals surface area contributed by atoms with Crippen molar-refractivity contribution < 1.29 is 54.1 Å². The van der Waals surface area contributed by atoms with Gasteiger partial charge in [-0.3, -0.25) is 23.7 Å². The molecule has 2 amide bonds. The average Bonchev–Trinajstić information content (AvgIpc) is 3.62. The Bertz CT molecular complexity index is 2640. The van der Waals surface area contributed by atoms with Crippen molar-refractivity contribution in [1.29, 1.82) is 0 Å². The van der Waals surface area contributed by atoms with Gasteiger partial charge in [0.2, 0.25) is 0 Å². The van der Waals surface area contributed by atoms with Crippen LogP contribution < -0.4 is 40.9 Å². The van der Waals surface area contributed by atoms with Crippen LogP contribution in [0.5, 0.6) is 0 Å². The van der Waals surface area contributed by atoms with E-state index >= 15 is 0 Å². The Hall–Kier alpha value is -3.74. The van der Waals surface area contributed by atoms with Crippen molar-refractivity contribution >= 4 is 87.9 Å². The number of aromatic nitrogens is 6. The Morgan fingerprint density at radius 3 is 1.73 bits per heavy atom. The summed E-state index contributed by atoms with van der Waals surface area (Å²) >= 11 is 7.04. The van der Waals surface area contributed by atoms with Crippen LogP contribution in [0.2, 0.25) is 0 Å². The molecule has 0 saturated carbocycles. The van der Waals surface area contributed by atoms with E-state index in [9.17, 15) is 19.2 Å². The van der Waals surface area contributed by atoms with Crippen molar-refractivity contribution in [3.63, 3.8) is 0 Å². The monoisotopic (exact) mass is 946 g/mol. The Labute approximate surface area is 380 Å². The number of rotatable bonds is 2. The summed E-state index contributed by atoms with van der Waals surface area (Å²) in [5.74, 6) is 0. The van der Waals surface area contributed by atoms with Gasteiger partial charge >= 0.3 is 53.1 Å². The van der Waals surface area contributed by atoms with Crippen molar-refractivity contribution in [2.24, 2.45) is 7.05 Å². The molecule has 2 saturated heterocycles. The number of H-pyrrole nitrogens is 1. The maximum Gasteiger partial charge on any atom is 1.00 e. The number of fused-ring (bicyclic) bond motifs is 6. The quantitative estimate of drug-likeness (QED) is 0.227. The smallest absolute Gasteiger partial charge is 0.870 e. The SMILES string of the molecule is CC(C)(C)OC(=O)N1CCCC(n2c(=O)[nH]c3cnc4ccc(Br)cc4c32)C1.Cn1c(=O)n(C2CCCN(C(=O)OC(C)(C)C)C2)c2c3cc(Br)ccc3ncc21.[Na+].[OH-]. The van der Waals surface area contributed by atoms with Crippen LogP contribution in [0.25, 0.3) is 43.9 Å². The van der Waals surface area contributed by atoms with Gasteiger partial charge in [-0.05, 0) is 104 Å². The summed E-state index contributed by atoms with van der Waals surface area (Å²) in [6.45, 7) is 13.3. The molecule has 0 aliphatic carbocycles. The fourth-order valence-electron chi connectivity index (χ4n) is 7.78. The third kappa shape index (κ3) is 9.91. The van der Waals surface area contributed by atoms with Gasteiger partial charge in [0.15, 0.2) is 0 Å². The van der Waals surface area contributed by atoms with Crippen LogP contribution >= 0.6 is 31.9 Å². The molecule has 8 rings (SSSR count). The van der Waals surface area contributed by atoms with Gasteiger partial charge in [-0.1, -0.05) is 31.9 Å². The molecule has 18 heteroatoms. The van der Waals surface area contributed by atoms with Gasteiger partial charge in [0, 0.05) is 52.9 Å². The van der Waals surface area contributed by atoms with E-state index in [0.717, 1.165) is 73.0 Å². The van der Waals surface area contributed by atoms with Crippen LogP contribution in [0.15, 0.2) is 67.3 Å². The van der Waals surface area contributed by atoms with E-state index in [4.69, 9.17) is 9.47 Å². The minimum atomic E-state index is -0.547. The molecule has 0 spiro atoms. The topological polar surface area (TPSA) is 180 Å². The standard InChI is InChI=1S/C21H25BrN4O3.C20H23BrN4O3.Na.H2O/c1-21(2,3)29-20(28)25-9-5-6-14(12-25)26-18-15-10-13(22)7-8-16(15)23-11-17(18)24(4)19(26)27;1-20(2,3)28-19(27)24-8-4-5-13(11-24)25-17-14-9-12(21)6-7-15(14)22-10-16(17)23-18(25)26;;/h7-8,10-11,14H,5-6,9,12H2,1-4H3;6-7,9-10,13H,4-5,8,11H2,1-3H3,(H,23,26);;1H2/q;;+1;/p-1. The molecule has 59 heavy (non-hydrogen) atoms.